The predicted octanol–water partition coefficient (Wildman–Crippen LogP) is 8.84. The molecule has 0 amide bonds. The van der Waals surface area contributed by atoms with E-state index in [0.717, 1.165) is 36.9 Å². The summed E-state index contributed by atoms with van der Waals surface area (Å²) in [6.45, 7) is 5.28. The summed E-state index contributed by atoms with van der Waals surface area (Å²) in [5, 5.41) is 2.55. The van der Waals surface area contributed by atoms with Crippen LogP contribution in [-0.4, -0.2) is 18.6 Å². The Kier molecular flexibility index (Phi) is 9.14. The van der Waals surface area contributed by atoms with Crippen LogP contribution in [0.15, 0.2) is 71.6 Å². The molecule has 3 aromatic rings. The highest BCUT2D eigenvalue weighted by atomic mass is 32.2. The van der Waals surface area contributed by atoms with Crippen LogP contribution in [0.1, 0.15) is 70.3 Å². The van der Waals surface area contributed by atoms with Gasteiger partial charge in [0.1, 0.15) is 5.75 Å². The molecule has 1 aliphatic carbocycles. The van der Waals surface area contributed by atoms with Crippen molar-refractivity contribution in [2.24, 2.45) is 5.92 Å². The quantitative estimate of drug-likeness (QED) is 0.209. The Morgan fingerprint density at radius 2 is 1.67 bits per heavy atom. The number of ether oxygens (including phenoxy) is 2. The van der Waals surface area contributed by atoms with Gasteiger partial charge in [0.2, 0.25) is 6.29 Å². The van der Waals surface area contributed by atoms with Gasteiger partial charge in [0.05, 0.1) is 12.4 Å². The fourth-order valence-electron chi connectivity index (χ4n) is 4.64. The normalized spacial score (nSPS) is 16.5. The Hall–Kier alpha value is -1.97. The van der Waals surface area contributed by atoms with Gasteiger partial charge >= 0.3 is 0 Å². The van der Waals surface area contributed by atoms with E-state index in [0.29, 0.717) is 5.92 Å². The van der Waals surface area contributed by atoms with E-state index in [9.17, 15) is 0 Å². The maximum Gasteiger partial charge on any atom is 0.209 e. The third kappa shape index (κ3) is 7.25. The monoisotopic (exact) mass is 462 g/mol. The Bertz CT molecular complexity index is 978. The summed E-state index contributed by atoms with van der Waals surface area (Å²) < 4.78 is 12.7. The first-order valence-corrected chi connectivity index (χ1v) is 13.7. The molecule has 0 N–H and O–H groups in total. The van der Waals surface area contributed by atoms with E-state index < -0.39 is 0 Å². The second kappa shape index (κ2) is 12.5. The van der Waals surface area contributed by atoms with Crippen molar-refractivity contribution in [3.05, 3.63) is 72.3 Å². The topological polar surface area (TPSA) is 18.5 Å². The van der Waals surface area contributed by atoms with Gasteiger partial charge in [-0.3, -0.25) is 0 Å². The second-order valence-electron chi connectivity index (χ2n) is 9.41. The van der Waals surface area contributed by atoms with E-state index in [2.05, 4.69) is 80.6 Å². The molecule has 2 unspecified atom stereocenters. The van der Waals surface area contributed by atoms with Crippen LogP contribution in [0.25, 0.3) is 10.8 Å². The molecule has 1 aliphatic rings. The molecular formula is C30H38O2S. The van der Waals surface area contributed by atoms with Gasteiger partial charge in [-0.1, -0.05) is 88.4 Å². The Balaban J connectivity index is 1.38. The average Bonchev–Trinajstić information content (AvgIpc) is 2.87. The van der Waals surface area contributed by atoms with Gasteiger partial charge in [-0.05, 0) is 65.3 Å². The molecule has 3 heteroatoms. The first-order valence-electron chi connectivity index (χ1n) is 12.7. The van der Waals surface area contributed by atoms with Gasteiger partial charge in [0, 0.05) is 4.90 Å². The van der Waals surface area contributed by atoms with E-state index in [1.54, 1.807) is 0 Å². The molecule has 1 fully saturated rings. The van der Waals surface area contributed by atoms with Crippen LogP contribution in [0, 0.1) is 5.92 Å². The Morgan fingerprint density at radius 1 is 0.909 bits per heavy atom. The number of hydrogen-bond acceptors (Lipinski definition) is 3. The van der Waals surface area contributed by atoms with Crippen LogP contribution < -0.4 is 4.74 Å². The molecule has 4 rings (SSSR count). The van der Waals surface area contributed by atoms with Crippen molar-refractivity contribution in [1.29, 1.82) is 0 Å². The third-order valence-corrected chi connectivity index (χ3v) is 8.02. The van der Waals surface area contributed by atoms with E-state index in [1.807, 2.05) is 11.8 Å². The molecule has 0 saturated heterocycles. The zero-order chi connectivity index (χ0) is 22.9. The van der Waals surface area contributed by atoms with Crippen LogP contribution in [-0.2, 0) is 4.74 Å². The summed E-state index contributed by atoms with van der Waals surface area (Å²) in [4.78, 5) is 1.25. The number of rotatable bonds is 11. The first kappa shape index (κ1) is 24.2. The van der Waals surface area contributed by atoms with Crippen LogP contribution in [0.5, 0.6) is 5.75 Å². The minimum absolute atomic E-state index is 0.250. The van der Waals surface area contributed by atoms with Crippen LogP contribution in [0.2, 0.25) is 0 Å². The largest absolute Gasteiger partial charge is 0.464 e. The average molecular weight is 463 g/mol. The minimum Gasteiger partial charge on any atom is -0.464 e. The second-order valence-corrected chi connectivity index (χ2v) is 10.5. The maximum absolute atomic E-state index is 6.34. The number of hydrogen-bond donors (Lipinski definition) is 0. The molecule has 33 heavy (non-hydrogen) atoms. The SMILES string of the molecule is CCC(C)c1ccc(OC(CSc2ccc3ccccc3c2)OCCC2CCCCC2)cc1. The Morgan fingerprint density at radius 3 is 2.42 bits per heavy atom. The van der Waals surface area contributed by atoms with Crippen LogP contribution in [0.4, 0.5) is 0 Å². The molecular weight excluding hydrogens is 424 g/mol. The molecule has 0 radical (unpaired) electrons. The zero-order valence-corrected chi connectivity index (χ0v) is 21.0. The summed E-state index contributed by atoms with van der Waals surface area (Å²) in [6, 6.07) is 23.8. The third-order valence-electron chi connectivity index (χ3n) is 6.99. The Labute approximate surface area is 204 Å². The highest BCUT2D eigenvalue weighted by Crippen LogP contribution is 2.29. The van der Waals surface area contributed by atoms with Crippen LogP contribution in [0.3, 0.4) is 0 Å². The molecule has 0 aliphatic heterocycles. The molecule has 0 aromatic heterocycles. The van der Waals surface area contributed by atoms with E-state index in [-0.39, 0.29) is 6.29 Å². The van der Waals surface area contributed by atoms with E-state index >= 15 is 0 Å². The summed E-state index contributed by atoms with van der Waals surface area (Å²) in [7, 11) is 0. The summed E-state index contributed by atoms with van der Waals surface area (Å²) in [6.07, 6.45) is 8.92. The summed E-state index contributed by atoms with van der Waals surface area (Å²) in [5.74, 6) is 3.06. The van der Waals surface area contributed by atoms with Gasteiger partial charge in [-0.2, -0.15) is 0 Å². The van der Waals surface area contributed by atoms with Gasteiger partial charge in [-0.15, -0.1) is 11.8 Å². The number of thioether (sulfide) groups is 1. The van der Waals surface area contributed by atoms with Crippen LogP contribution >= 0.6 is 11.8 Å². The molecule has 1 saturated carbocycles. The number of fused-ring (bicyclic) bond motifs is 1. The summed E-state index contributed by atoms with van der Waals surface area (Å²) in [5.41, 5.74) is 1.37. The first-order chi connectivity index (χ1) is 16.2. The molecule has 2 atom stereocenters. The fraction of sp³-hybridized carbons (Fsp3) is 0.467. The molecule has 0 heterocycles. The lowest BCUT2D eigenvalue weighted by Crippen LogP contribution is -2.25. The van der Waals surface area contributed by atoms with Gasteiger partial charge in [0.15, 0.2) is 0 Å². The van der Waals surface area contributed by atoms with Gasteiger partial charge in [0.25, 0.3) is 0 Å². The van der Waals surface area contributed by atoms with E-state index in [1.165, 1.54) is 53.3 Å². The van der Waals surface area contributed by atoms with Crippen molar-refractivity contribution in [1.82, 2.24) is 0 Å². The lowest BCUT2D eigenvalue weighted by molar-refractivity contribution is -0.0677. The van der Waals surface area contributed by atoms with Crippen molar-refractivity contribution in [3.8, 4) is 5.75 Å². The molecule has 2 nitrogen and oxygen atoms in total. The fourth-order valence-corrected chi connectivity index (χ4v) is 5.51. The lowest BCUT2D eigenvalue weighted by Gasteiger charge is -2.24. The zero-order valence-electron chi connectivity index (χ0n) is 20.2. The van der Waals surface area contributed by atoms with Crippen molar-refractivity contribution in [2.75, 3.05) is 12.4 Å². The summed E-state index contributed by atoms with van der Waals surface area (Å²) >= 11 is 1.81. The van der Waals surface area contributed by atoms with Gasteiger partial charge < -0.3 is 9.47 Å². The van der Waals surface area contributed by atoms with Crippen molar-refractivity contribution >= 4 is 22.5 Å². The smallest absolute Gasteiger partial charge is 0.209 e. The molecule has 3 aromatic carbocycles. The van der Waals surface area contributed by atoms with Crippen molar-refractivity contribution in [3.63, 3.8) is 0 Å². The van der Waals surface area contributed by atoms with Gasteiger partial charge in [-0.25, -0.2) is 0 Å². The van der Waals surface area contributed by atoms with Crippen molar-refractivity contribution < 1.29 is 9.47 Å². The lowest BCUT2D eigenvalue weighted by atomic mass is 9.87. The number of benzene rings is 3. The molecule has 0 spiro atoms. The highest BCUT2D eigenvalue weighted by Gasteiger charge is 2.17. The predicted molar refractivity (Wildman–Crippen MR) is 141 cm³/mol. The highest BCUT2D eigenvalue weighted by molar-refractivity contribution is 7.99. The van der Waals surface area contributed by atoms with Crippen molar-refractivity contribution in [2.45, 2.75) is 75.9 Å². The maximum atomic E-state index is 6.34. The minimum atomic E-state index is -0.250. The van der Waals surface area contributed by atoms with E-state index in [4.69, 9.17) is 9.47 Å². The molecule has 0 bridgehead atoms. The standard InChI is InChI=1S/C30H38O2S/c1-3-23(2)25-13-16-28(17-14-25)32-30(31-20-19-24-9-5-4-6-10-24)22-33-29-18-15-26-11-7-8-12-27(26)21-29/h7-8,11-18,21,23-24,30H,3-6,9-10,19-20,22H2,1-2H3. The molecule has 176 valence electrons.